The predicted molar refractivity (Wildman–Crippen MR) is 58.2 cm³/mol. The van der Waals surface area contributed by atoms with Gasteiger partial charge >= 0.3 is 0 Å². The zero-order valence-corrected chi connectivity index (χ0v) is 9.75. The fourth-order valence-electron chi connectivity index (χ4n) is 0.869. The molecule has 0 unspecified atom stereocenters. The van der Waals surface area contributed by atoms with Crippen LogP contribution in [0.2, 0.25) is 0 Å². The second kappa shape index (κ2) is 4.60. The normalized spacial score (nSPS) is 10.3. The van der Waals surface area contributed by atoms with Gasteiger partial charge in [0, 0.05) is 0 Å². The van der Waals surface area contributed by atoms with Gasteiger partial charge in [-0.15, -0.1) is 0 Å². The number of anilines is 1. The van der Waals surface area contributed by atoms with Crippen LogP contribution in [-0.4, -0.2) is 15.0 Å². The van der Waals surface area contributed by atoms with Crippen molar-refractivity contribution >= 4 is 33.5 Å². The fraction of sp³-hybridized carbons (Fsp3) is 0. The first-order chi connectivity index (χ1) is 7.31. The number of nitrogens with one attached hydrogen (secondary N) is 1. The molecule has 0 atom stereocenters. The third-order valence-corrected chi connectivity index (χ3v) is 3.38. The molecule has 0 bridgehead atoms. The Hall–Kier alpha value is -1.12. The summed E-state index contributed by atoms with van der Waals surface area (Å²) in [5.74, 6) is 5.79. The van der Waals surface area contributed by atoms with Gasteiger partial charge in [0.05, 0.1) is 10.7 Å². The summed E-state index contributed by atoms with van der Waals surface area (Å²) in [7, 11) is 0. The molecule has 0 radical (unpaired) electrons. The molecule has 0 aliphatic rings. The molecule has 8 heteroatoms. The molecule has 0 saturated heterocycles. The van der Waals surface area contributed by atoms with Gasteiger partial charge in [0.25, 0.3) is 5.22 Å². The number of nitrogen functional groups attached to an aromatic ring is 1. The van der Waals surface area contributed by atoms with E-state index in [1.807, 2.05) is 0 Å². The molecular weight excluding hydrogens is 282 g/mol. The SMILES string of the molecule is NNc1ncnc(Sc2ncco2)c1Br. The fourth-order valence-corrected chi connectivity index (χ4v) is 2.10. The van der Waals surface area contributed by atoms with Crippen LogP contribution < -0.4 is 11.3 Å². The van der Waals surface area contributed by atoms with Gasteiger partial charge in [-0.05, 0) is 27.7 Å². The molecular formula is C7H6BrN5OS. The van der Waals surface area contributed by atoms with E-state index in [2.05, 4.69) is 36.3 Å². The highest BCUT2D eigenvalue weighted by Gasteiger charge is 2.11. The van der Waals surface area contributed by atoms with E-state index < -0.39 is 0 Å². The summed E-state index contributed by atoms with van der Waals surface area (Å²) in [5, 5.41) is 1.19. The molecule has 2 rings (SSSR count). The van der Waals surface area contributed by atoms with Crippen LogP contribution in [0, 0.1) is 0 Å². The van der Waals surface area contributed by atoms with Crippen LogP contribution in [0.5, 0.6) is 0 Å². The largest absolute Gasteiger partial charge is 0.440 e. The van der Waals surface area contributed by atoms with Crippen molar-refractivity contribution in [2.45, 2.75) is 10.2 Å². The minimum absolute atomic E-state index is 0.511. The number of rotatable bonds is 3. The summed E-state index contributed by atoms with van der Waals surface area (Å²) in [6.07, 6.45) is 4.48. The summed E-state index contributed by atoms with van der Waals surface area (Å²) in [4.78, 5) is 12.0. The highest BCUT2D eigenvalue weighted by molar-refractivity contribution is 9.10. The highest BCUT2D eigenvalue weighted by atomic mass is 79.9. The molecule has 0 amide bonds. The predicted octanol–water partition coefficient (Wildman–Crippen LogP) is 1.66. The van der Waals surface area contributed by atoms with Gasteiger partial charge in [0.15, 0.2) is 5.82 Å². The van der Waals surface area contributed by atoms with Crippen LogP contribution in [0.3, 0.4) is 0 Å². The van der Waals surface area contributed by atoms with Gasteiger partial charge in [0.1, 0.15) is 17.6 Å². The lowest BCUT2D eigenvalue weighted by molar-refractivity contribution is 0.454. The molecule has 0 fully saturated rings. The lowest BCUT2D eigenvalue weighted by atomic mass is 10.6. The molecule has 0 saturated carbocycles. The molecule has 0 aromatic carbocycles. The summed E-state index contributed by atoms with van der Waals surface area (Å²) in [6, 6.07) is 0. The molecule has 0 spiro atoms. The molecule has 2 aromatic heterocycles. The first kappa shape index (κ1) is 10.4. The lowest BCUT2D eigenvalue weighted by Crippen LogP contribution is -2.09. The van der Waals surface area contributed by atoms with E-state index in [0.29, 0.717) is 20.5 Å². The zero-order chi connectivity index (χ0) is 10.7. The Morgan fingerprint density at radius 1 is 1.40 bits per heavy atom. The van der Waals surface area contributed by atoms with Crippen molar-refractivity contribution < 1.29 is 4.42 Å². The lowest BCUT2D eigenvalue weighted by Gasteiger charge is -2.04. The van der Waals surface area contributed by atoms with E-state index in [1.165, 1.54) is 24.4 Å². The summed E-state index contributed by atoms with van der Waals surface area (Å²) in [6.45, 7) is 0. The minimum Gasteiger partial charge on any atom is -0.440 e. The number of oxazole rings is 1. The standard InChI is InChI=1S/C7H6BrN5OS/c8-4-5(13-9)11-3-12-6(4)15-7-10-1-2-14-7/h1-3H,9H2,(H,11,12,13). The Bertz CT molecular complexity index is 449. The van der Waals surface area contributed by atoms with Crippen LogP contribution >= 0.6 is 27.7 Å². The summed E-state index contributed by atoms with van der Waals surface area (Å²) >= 11 is 4.61. The van der Waals surface area contributed by atoms with Crippen molar-refractivity contribution in [3.8, 4) is 0 Å². The van der Waals surface area contributed by atoms with E-state index in [9.17, 15) is 0 Å². The van der Waals surface area contributed by atoms with Crippen molar-refractivity contribution in [2.24, 2.45) is 5.84 Å². The van der Waals surface area contributed by atoms with Crippen molar-refractivity contribution in [2.75, 3.05) is 5.43 Å². The first-order valence-electron chi connectivity index (χ1n) is 3.85. The van der Waals surface area contributed by atoms with Crippen molar-refractivity contribution in [1.82, 2.24) is 15.0 Å². The van der Waals surface area contributed by atoms with Crippen LogP contribution in [-0.2, 0) is 0 Å². The molecule has 0 aliphatic heterocycles. The molecule has 0 aliphatic carbocycles. The number of aromatic nitrogens is 3. The molecule has 3 N–H and O–H groups in total. The van der Waals surface area contributed by atoms with Gasteiger partial charge in [-0.25, -0.2) is 20.8 Å². The van der Waals surface area contributed by atoms with E-state index in [0.717, 1.165) is 0 Å². The van der Waals surface area contributed by atoms with E-state index in [1.54, 1.807) is 6.20 Å². The average Bonchev–Trinajstić information content (AvgIpc) is 2.74. The van der Waals surface area contributed by atoms with E-state index in [-0.39, 0.29) is 0 Å². The number of nitrogens with zero attached hydrogens (tertiary/aromatic N) is 3. The van der Waals surface area contributed by atoms with Gasteiger partial charge in [0.2, 0.25) is 0 Å². The second-order valence-corrected chi connectivity index (χ2v) is 4.12. The maximum absolute atomic E-state index is 5.27. The Balaban J connectivity index is 2.29. The topological polar surface area (TPSA) is 89.9 Å². The third-order valence-electron chi connectivity index (χ3n) is 1.49. The minimum atomic E-state index is 0.511. The first-order valence-corrected chi connectivity index (χ1v) is 5.46. The van der Waals surface area contributed by atoms with Gasteiger partial charge < -0.3 is 9.84 Å². The van der Waals surface area contributed by atoms with Gasteiger partial charge in [-0.3, -0.25) is 0 Å². The number of hydrogen-bond acceptors (Lipinski definition) is 7. The smallest absolute Gasteiger partial charge is 0.261 e. The van der Waals surface area contributed by atoms with Crippen LogP contribution in [0.1, 0.15) is 0 Å². The Kier molecular flexibility index (Phi) is 3.19. The van der Waals surface area contributed by atoms with Crippen LogP contribution in [0.15, 0.2) is 37.9 Å². The van der Waals surface area contributed by atoms with Crippen LogP contribution in [0.25, 0.3) is 0 Å². The quantitative estimate of drug-likeness (QED) is 0.504. The number of nitrogens with two attached hydrogens (primary N) is 1. The molecule has 15 heavy (non-hydrogen) atoms. The summed E-state index contributed by atoms with van der Waals surface area (Å²) < 4.78 is 5.76. The van der Waals surface area contributed by atoms with Crippen molar-refractivity contribution in [3.05, 3.63) is 23.3 Å². The number of hydrazine groups is 1. The Morgan fingerprint density at radius 3 is 2.93 bits per heavy atom. The van der Waals surface area contributed by atoms with Gasteiger partial charge in [-0.1, -0.05) is 0 Å². The Labute approximate surface area is 97.8 Å². The average molecular weight is 288 g/mol. The number of hydrogen-bond donors (Lipinski definition) is 2. The monoisotopic (exact) mass is 287 g/mol. The molecule has 78 valence electrons. The molecule has 2 heterocycles. The summed E-state index contributed by atoms with van der Waals surface area (Å²) in [5.41, 5.74) is 2.45. The zero-order valence-electron chi connectivity index (χ0n) is 7.35. The highest BCUT2D eigenvalue weighted by Crippen LogP contribution is 2.33. The van der Waals surface area contributed by atoms with Gasteiger partial charge in [-0.2, -0.15) is 0 Å². The number of halogens is 1. The van der Waals surface area contributed by atoms with E-state index in [4.69, 9.17) is 10.3 Å². The van der Waals surface area contributed by atoms with Crippen LogP contribution in [0.4, 0.5) is 5.82 Å². The maximum atomic E-state index is 5.27. The molecule has 6 nitrogen and oxygen atoms in total. The van der Waals surface area contributed by atoms with Crippen molar-refractivity contribution in [3.63, 3.8) is 0 Å². The van der Waals surface area contributed by atoms with E-state index >= 15 is 0 Å². The Morgan fingerprint density at radius 2 is 2.27 bits per heavy atom. The molecule has 2 aromatic rings. The second-order valence-electron chi connectivity index (χ2n) is 2.39. The maximum Gasteiger partial charge on any atom is 0.261 e. The van der Waals surface area contributed by atoms with Crippen molar-refractivity contribution in [1.29, 1.82) is 0 Å². The third kappa shape index (κ3) is 2.28.